The highest BCUT2D eigenvalue weighted by molar-refractivity contribution is 5.78. The third-order valence-corrected chi connectivity index (χ3v) is 3.51. The lowest BCUT2D eigenvalue weighted by atomic mass is 9.97. The van der Waals surface area contributed by atoms with Crippen molar-refractivity contribution in [2.45, 2.75) is 25.4 Å². The van der Waals surface area contributed by atoms with Crippen LogP contribution < -0.4 is 0 Å². The van der Waals surface area contributed by atoms with E-state index in [1.165, 1.54) is 6.92 Å². The normalized spacial score (nSPS) is 23.9. The molecule has 3 atom stereocenters. The van der Waals surface area contributed by atoms with Crippen molar-refractivity contribution in [2.24, 2.45) is 0 Å². The lowest BCUT2D eigenvalue weighted by molar-refractivity contribution is -0.250. The summed E-state index contributed by atoms with van der Waals surface area (Å²) in [6.45, 7) is 1.22. The van der Waals surface area contributed by atoms with Crippen LogP contribution in [0, 0.1) is 0 Å². The summed E-state index contributed by atoms with van der Waals surface area (Å²) in [6.07, 6.45) is -2.50. The lowest BCUT2D eigenvalue weighted by Gasteiger charge is -2.35. The van der Waals surface area contributed by atoms with E-state index in [1.54, 1.807) is 0 Å². The molecule has 0 bridgehead atoms. The molecule has 0 saturated carbocycles. The fraction of sp³-hybridized carbons (Fsp3) is 0.222. The molecule has 2 aromatic carbocycles. The van der Waals surface area contributed by atoms with Gasteiger partial charge in [0.25, 0.3) is 0 Å². The minimum Gasteiger partial charge on any atom is -0.450 e. The number of carbonyl (C=O) groups excluding carboxylic acids is 2. The van der Waals surface area contributed by atoms with Crippen molar-refractivity contribution in [3.05, 3.63) is 71.8 Å². The van der Waals surface area contributed by atoms with Crippen LogP contribution in [0.2, 0.25) is 0 Å². The monoisotopic (exact) mass is 312 g/mol. The van der Waals surface area contributed by atoms with Crippen LogP contribution in [0.3, 0.4) is 0 Å². The van der Waals surface area contributed by atoms with Crippen molar-refractivity contribution in [1.82, 2.24) is 0 Å². The van der Waals surface area contributed by atoms with E-state index in [0.29, 0.717) is 0 Å². The zero-order chi connectivity index (χ0) is 16.2. The van der Waals surface area contributed by atoms with E-state index in [-0.39, 0.29) is 0 Å². The molecule has 5 heteroatoms. The summed E-state index contributed by atoms with van der Waals surface area (Å²) in [5.41, 5.74) is 1.65. The van der Waals surface area contributed by atoms with E-state index < -0.39 is 30.4 Å². The third-order valence-electron chi connectivity index (χ3n) is 3.51. The summed E-state index contributed by atoms with van der Waals surface area (Å²) in [5.74, 6) is -1.31. The first-order valence-corrected chi connectivity index (χ1v) is 7.28. The predicted octanol–water partition coefficient (Wildman–Crippen LogP) is 2.93. The van der Waals surface area contributed by atoms with Crippen LogP contribution in [0.1, 0.15) is 30.3 Å². The molecule has 1 heterocycles. The molecule has 0 aliphatic carbocycles. The Bertz CT molecular complexity index is 683. The number of esters is 2. The van der Waals surface area contributed by atoms with Crippen LogP contribution in [0.25, 0.3) is 0 Å². The number of carbonyl (C=O) groups is 2. The van der Waals surface area contributed by atoms with Crippen LogP contribution >= 0.6 is 0 Å². The van der Waals surface area contributed by atoms with Gasteiger partial charge in [-0.1, -0.05) is 60.7 Å². The van der Waals surface area contributed by atoms with Crippen molar-refractivity contribution in [3.8, 4) is 0 Å². The van der Waals surface area contributed by atoms with Crippen LogP contribution in [-0.2, 0) is 23.8 Å². The first kappa shape index (κ1) is 15.2. The second kappa shape index (κ2) is 6.62. The molecule has 5 nitrogen and oxygen atoms in total. The summed E-state index contributed by atoms with van der Waals surface area (Å²) in [4.78, 5) is 23.2. The van der Waals surface area contributed by atoms with Gasteiger partial charge in [-0.3, -0.25) is 4.79 Å². The van der Waals surface area contributed by atoms with Crippen molar-refractivity contribution < 1.29 is 23.8 Å². The summed E-state index contributed by atoms with van der Waals surface area (Å²) >= 11 is 0. The Balaban J connectivity index is 1.94. The summed E-state index contributed by atoms with van der Waals surface area (Å²) in [7, 11) is 0. The number of cyclic esters (lactones) is 1. The van der Waals surface area contributed by atoms with Gasteiger partial charge in [0.15, 0.2) is 6.10 Å². The number of hydrogen-bond acceptors (Lipinski definition) is 5. The smallest absolute Gasteiger partial charge is 0.377 e. The second-order valence-electron chi connectivity index (χ2n) is 5.18. The fourth-order valence-electron chi connectivity index (χ4n) is 2.51. The van der Waals surface area contributed by atoms with Gasteiger partial charge in [0.05, 0.1) is 0 Å². The number of hydrogen-bond donors (Lipinski definition) is 0. The Hall–Kier alpha value is -2.66. The highest BCUT2D eigenvalue weighted by Gasteiger charge is 2.42. The zero-order valence-corrected chi connectivity index (χ0v) is 12.5. The average Bonchev–Trinajstić information content (AvgIpc) is 2.57. The number of rotatable bonds is 3. The van der Waals surface area contributed by atoms with Crippen molar-refractivity contribution in [3.63, 3.8) is 0 Å². The van der Waals surface area contributed by atoms with Crippen molar-refractivity contribution in [2.75, 3.05) is 0 Å². The Morgan fingerprint density at radius 1 is 0.913 bits per heavy atom. The topological polar surface area (TPSA) is 61.8 Å². The van der Waals surface area contributed by atoms with E-state index >= 15 is 0 Å². The van der Waals surface area contributed by atoms with Crippen molar-refractivity contribution in [1.29, 1.82) is 0 Å². The predicted molar refractivity (Wildman–Crippen MR) is 81.1 cm³/mol. The standard InChI is InChI=1S/C18H16O5/c1-12(19)21-18-17(20)22-15(13-8-4-2-5-9-13)16(23-18)14-10-6-3-7-11-14/h2-11,15-16,18H,1H3/t15-,16-,18?/m1/s1. The Labute approximate surface area is 133 Å². The molecule has 1 unspecified atom stereocenters. The molecule has 2 aromatic rings. The van der Waals surface area contributed by atoms with Gasteiger partial charge in [0.1, 0.15) is 6.10 Å². The van der Waals surface area contributed by atoms with Crippen LogP contribution in [0.5, 0.6) is 0 Å². The average molecular weight is 312 g/mol. The third kappa shape index (κ3) is 3.40. The van der Waals surface area contributed by atoms with E-state index in [2.05, 4.69) is 0 Å². The molecule has 3 rings (SSSR count). The molecule has 0 aromatic heterocycles. The first-order valence-electron chi connectivity index (χ1n) is 7.28. The minimum atomic E-state index is -1.35. The maximum Gasteiger partial charge on any atom is 0.377 e. The van der Waals surface area contributed by atoms with Gasteiger partial charge in [0.2, 0.25) is 0 Å². The molecule has 0 N–H and O–H groups in total. The van der Waals surface area contributed by atoms with E-state index in [1.807, 2.05) is 60.7 Å². The molecular formula is C18H16O5. The van der Waals surface area contributed by atoms with Gasteiger partial charge in [-0.05, 0) is 11.1 Å². The second-order valence-corrected chi connectivity index (χ2v) is 5.18. The largest absolute Gasteiger partial charge is 0.450 e. The van der Waals surface area contributed by atoms with E-state index in [9.17, 15) is 9.59 Å². The summed E-state index contributed by atoms with van der Waals surface area (Å²) in [6, 6.07) is 18.7. The molecule has 1 aliphatic rings. The zero-order valence-electron chi connectivity index (χ0n) is 12.5. The van der Waals surface area contributed by atoms with Gasteiger partial charge in [0, 0.05) is 6.92 Å². The number of ether oxygens (including phenoxy) is 3. The molecular weight excluding hydrogens is 296 g/mol. The molecule has 1 fully saturated rings. The molecule has 1 saturated heterocycles. The van der Waals surface area contributed by atoms with Crippen LogP contribution in [0.4, 0.5) is 0 Å². The van der Waals surface area contributed by atoms with Gasteiger partial charge in [-0.2, -0.15) is 0 Å². The molecule has 1 aliphatic heterocycles. The van der Waals surface area contributed by atoms with Gasteiger partial charge in [-0.15, -0.1) is 0 Å². The lowest BCUT2D eigenvalue weighted by Crippen LogP contribution is -2.40. The van der Waals surface area contributed by atoms with Gasteiger partial charge >= 0.3 is 18.2 Å². The fourth-order valence-corrected chi connectivity index (χ4v) is 2.51. The SMILES string of the molecule is CC(=O)OC1O[C@H](c2ccccc2)[C@@H](c2ccccc2)OC1=O. The highest BCUT2D eigenvalue weighted by atomic mass is 16.7. The van der Waals surface area contributed by atoms with Gasteiger partial charge < -0.3 is 14.2 Å². The summed E-state index contributed by atoms with van der Waals surface area (Å²) in [5, 5.41) is 0. The summed E-state index contributed by atoms with van der Waals surface area (Å²) < 4.78 is 16.2. The van der Waals surface area contributed by atoms with E-state index in [0.717, 1.165) is 11.1 Å². The van der Waals surface area contributed by atoms with Crippen LogP contribution in [0.15, 0.2) is 60.7 Å². The Morgan fingerprint density at radius 2 is 1.43 bits per heavy atom. The molecule has 23 heavy (non-hydrogen) atoms. The minimum absolute atomic E-state index is 0.555. The maximum absolute atomic E-state index is 12.1. The Morgan fingerprint density at radius 3 is 1.96 bits per heavy atom. The molecule has 118 valence electrons. The first-order chi connectivity index (χ1) is 11.1. The van der Waals surface area contributed by atoms with E-state index in [4.69, 9.17) is 14.2 Å². The van der Waals surface area contributed by atoms with Crippen molar-refractivity contribution >= 4 is 11.9 Å². The molecule has 0 amide bonds. The van der Waals surface area contributed by atoms with Gasteiger partial charge in [-0.25, -0.2) is 4.79 Å². The molecule has 0 spiro atoms. The quantitative estimate of drug-likeness (QED) is 0.816. The van der Waals surface area contributed by atoms with Crippen LogP contribution in [-0.4, -0.2) is 18.2 Å². The Kier molecular flexibility index (Phi) is 4.39. The molecule has 0 radical (unpaired) electrons. The maximum atomic E-state index is 12.1. The number of benzene rings is 2. The highest BCUT2D eigenvalue weighted by Crippen LogP contribution is 2.39.